The Bertz CT molecular complexity index is 362. The molecule has 0 unspecified atom stereocenters. The molecule has 0 saturated carbocycles. The first-order chi connectivity index (χ1) is 8.09. The number of piperidine rings is 1. The fraction of sp³-hybridized carbons (Fsp3) is 0.571. The maximum Gasteiger partial charge on any atom is 0.0471 e. The Hall–Kier alpha value is -0.730. The highest BCUT2D eigenvalue weighted by atomic mass is 35.5. The molecule has 2 rings (SSSR count). The van der Waals surface area contributed by atoms with Gasteiger partial charge in [0.2, 0.25) is 0 Å². The number of nitrogen functional groups attached to an aromatic ring is 1. The van der Waals surface area contributed by atoms with E-state index in [2.05, 4.69) is 18.7 Å². The summed E-state index contributed by atoms with van der Waals surface area (Å²) in [5.74, 6) is 0. The Morgan fingerprint density at radius 1 is 1.29 bits per heavy atom. The van der Waals surface area contributed by atoms with Crippen molar-refractivity contribution in [3.8, 4) is 0 Å². The number of benzene rings is 1. The van der Waals surface area contributed by atoms with Crippen LogP contribution < -0.4 is 5.73 Å². The van der Waals surface area contributed by atoms with E-state index in [1.165, 1.54) is 19.3 Å². The van der Waals surface area contributed by atoms with E-state index in [0.717, 1.165) is 22.8 Å². The number of anilines is 1. The van der Waals surface area contributed by atoms with Crippen LogP contribution in [-0.2, 0) is 6.54 Å². The van der Waals surface area contributed by atoms with Crippen molar-refractivity contribution in [1.29, 1.82) is 0 Å². The molecule has 1 saturated heterocycles. The van der Waals surface area contributed by atoms with Crippen molar-refractivity contribution in [2.24, 2.45) is 0 Å². The topological polar surface area (TPSA) is 29.3 Å². The maximum absolute atomic E-state index is 6.24. The van der Waals surface area contributed by atoms with Crippen LogP contribution in [0.4, 0.5) is 5.69 Å². The van der Waals surface area contributed by atoms with Crippen LogP contribution in [0, 0.1) is 0 Å². The minimum atomic E-state index is 0.620. The van der Waals surface area contributed by atoms with Gasteiger partial charge in [-0.1, -0.05) is 24.1 Å². The third kappa shape index (κ3) is 2.75. The van der Waals surface area contributed by atoms with Crippen molar-refractivity contribution >= 4 is 17.3 Å². The summed E-state index contributed by atoms with van der Waals surface area (Å²) in [7, 11) is 0. The molecule has 1 aliphatic heterocycles. The van der Waals surface area contributed by atoms with E-state index in [1.807, 2.05) is 18.2 Å². The van der Waals surface area contributed by atoms with Crippen LogP contribution in [0.1, 0.15) is 38.7 Å². The van der Waals surface area contributed by atoms with Gasteiger partial charge in [-0.15, -0.1) is 0 Å². The van der Waals surface area contributed by atoms with Crippen LogP contribution in [0.25, 0.3) is 0 Å². The summed E-state index contributed by atoms with van der Waals surface area (Å²) in [6, 6.07) is 7.00. The van der Waals surface area contributed by atoms with E-state index >= 15 is 0 Å². The number of halogens is 1. The van der Waals surface area contributed by atoms with Crippen molar-refractivity contribution in [2.45, 2.75) is 51.7 Å². The van der Waals surface area contributed by atoms with Crippen LogP contribution >= 0.6 is 11.6 Å². The van der Waals surface area contributed by atoms with Gasteiger partial charge in [0.25, 0.3) is 0 Å². The van der Waals surface area contributed by atoms with Gasteiger partial charge in [-0.25, -0.2) is 0 Å². The van der Waals surface area contributed by atoms with Gasteiger partial charge in [-0.2, -0.15) is 0 Å². The van der Waals surface area contributed by atoms with Crippen LogP contribution in [0.3, 0.4) is 0 Å². The first kappa shape index (κ1) is 12.7. The van der Waals surface area contributed by atoms with E-state index in [4.69, 9.17) is 17.3 Å². The number of likely N-dealkylation sites (tertiary alicyclic amines) is 1. The monoisotopic (exact) mass is 252 g/mol. The van der Waals surface area contributed by atoms with Crippen molar-refractivity contribution in [3.05, 3.63) is 28.8 Å². The Morgan fingerprint density at radius 3 is 2.53 bits per heavy atom. The molecule has 1 heterocycles. The smallest absolute Gasteiger partial charge is 0.0471 e. The maximum atomic E-state index is 6.24. The number of nitrogens with zero attached hydrogens (tertiary/aromatic N) is 1. The average molecular weight is 253 g/mol. The summed E-state index contributed by atoms with van der Waals surface area (Å²) in [6.45, 7) is 5.46. The molecular weight excluding hydrogens is 232 g/mol. The highest BCUT2D eigenvalue weighted by Crippen LogP contribution is 2.29. The third-order valence-electron chi connectivity index (χ3n) is 3.87. The minimum Gasteiger partial charge on any atom is -0.398 e. The molecule has 0 amide bonds. The zero-order valence-electron chi connectivity index (χ0n) is 10.6. The van der Waals surface area contributed by atoms with Gasteiger partial charge < -0.3 is 5.73 Å². The lowest BCUT2D eigenvalue weighted by atomic mass is 9.96. The van der Waals surface area contributed by atoms with E-state index in [0.29, 0.717) is 12.1 Å². The van der Waals surface area contributed by atoms with Crippen LogP contribution in [0.5, 0.6) is 0 Å². The van der Waals surface area contributed by atoms with Crippen molar-refractivity contribution in [1.82, 2.24) is 4.90 Å². The fourth-order valence-electron chi connectivity index (χ4n) is 2.71. The minimum absolute atomic E-state index is 0.620. The zero-order chi connectivity index (χ0) is 12.4. The molecule has 1 fully saturated rings. The highest BCUT2D eigenvalue weighted by molar-refractivity contribution is 6.31. The van der Waals surface area contributed by atoms with Crippen molar-refractivity contribution in [2.75, 3.05) is 5.73 Å². The summed E-state index contributed by atoms with van der Waals surface area (Å²) >= 11 is 6.24. The molecule has 94 valence electrons. The molecule has 0 bridgehead atoms. The SMILES string of the molecule is C[C@@H]1CCC[C@H](C)N1Cc1c(N)cccc1Cl. The molecule has 3 heteroatoms. The third-order valence-corrected chi connectivity index (χ3v) is 4.23. The van der Waals surface area contributed by atoms with Gasteiger partial charge >= 0.3 is 0 Å². The van der Waals surface area contributed by atoms with Gasteiger partial charge in [0.1, 0.15) is 0 Å². The Kier molecular flexibility index (Phi) is 3.95. The quantitative estimate of drug-likeness (QED) is 0.814. The second-order valence-corrected chi connectivity index (χ2v) is 5.52. The summed E-state index contributed by atoms with van der Waals surface area (Å²) in [4.78, 5) is 2.51. The summed E-state index contributed by atoms with van der Waals surface area (Å²) in [5.41, 5.74) is 7.90. The lowest BCUT2D eigenvalue weighted by molar-refractivity contribution is 0.0955. The molecule has 0 aliphatic carbocycles. The van der Waals surface area contributed by atoms with E-state index in [1.54, 1.807) is 0 Å². The first-order valence-electron chi connectivity index (χ1n) is 6.38. The number of hydrogen-bond donors (Lipinski definition) is 1. The lowest BCUT2D eigenvalue weighted by Crippen LogP contribution is -2.43. The van der Waals surface area contributed by atoms with Gasteiger partial charge in [0.05, 0.1) is 0 Å². The van der Waals surface area contributed by atoms with Crippen molar-refractivity contribution in [3.63, 3.8) is 0 Å². The zero-order valence-corrected chi connectivity index (χ0v) is 11.4. The normalized spacial score (nSPS) is 26.1. The van der Waals surface area contributed by atoms with Gasteiger partial charge in [0, 0.05) is 34.9 Å². The Balaban J connectivity index is 2.19. The summed E-state index contributed by atoms with van der Waals surface area (Å²) in [5, 5.41) is 0.787. The molecular formula is C14H21ClN2. The van der Waals surface area contributed by atoms with Gasteiger partial charge in [-0.05, 0) is 38.8 Å². The average Bonchev–Trinajstić information content (AvgIpc) is 2.27. The fourth-order valence-corrected chi connectivity index (χ4v) is 2.95. The first-order valence-corrected chi connectivity index (χ1v) is 6.76. The van der Waals surface area contributed by atoms with Crippen LogP contribution in [0.15, 0.2) is 18.2 Å². The van der Waals surface area contributed by atoms with E-state index < -0.39 is 0 Å². The number of nitrogens with two attached hydrogens (primary N) is 1. The highest BCUT2D eigenvalue weighted by Gasteiger charge is 2.25. The van der Waals surface area contributed by atoms with Gasteiger partial charge in [0.15, 0.2) is 0 Å². The molecule has 2 N–H and O–H groups in total. The Morgan fingerprint density at radius 2 is 1.94 bits per heavy atom. The molecule has 2 nitrogen and oxygen atoms in total. The molecule has 17 heavy (non-hydrogen) atoms. The molecule has 1 aliphatic rings. The van der Waals surface area contributed by atoms with Gasteiger partial charge in [-0.3, -0.25) is 4.90 Å². The molecule has 0 aromatic heterocycles. The Labute approximate surface area is 109 Å². The molecule has 1 aromatic rings. The second-order valence-electron chi connectivity index (χ2n) is 5.11. The van der Waals surface area contributed by atoms with E-state index in [-0.39, 0.29) is 0 Å². The summed E-state index contributed by atoms with van der Waals surface area (Å²) in [6.07, 6.45) is 3.88. The predicted octanol–water partition coefficient (Wildman–Crippen LogP) is 3.69. The standard InChI is InChI=1S/C14H21ClN2/c1-10-5-3-6-11(2)17(10)9-12-13(15)7-4-8-14(12)16/h4,7-8,10-11H,3,5-6,9,16H2,1-2H3/t10-,11+. The number of rotatable bonds is 2. The number of hydrogen-bond acceptors (Lipinski definition) is 2. The second kappa shape index (κ2) is 5.28. The largest absolute Gasteiger partial charge is 0.398 e. The predicted molar refractivity (Wildman–Crippen MR) is 74.2 cm³/mol. The van der Waals surface area contributed by atoms with Crippen molar-refractivity contribution < 1.29 is 0 Å². The molecule has 0 spiro atoms. The van der Waals surface area contributed by atoms with E-state index in [9.17, 15) is 0 Å². The molecule has 2 atom stereocenters. The van der Waals surface area contributed by atoms with Crippen LogP contribution in [-0.4, -0.2) is 17.0 Å². The van der Waals surface area contributed by atoms with Crippen LogP contribution in [0.2, 0.25) is 5.02 Å². The lowest BCUT2D eigenvalue weighted by Gasteiger charge is -2.39. The molecule has 1 aromatic carbocycles. The summed E-state index contributed by atoms with van der Waals surface area (Å²) < 4.78 is 0. The molecule has 0 radical (unpaired) electrons.